The van der Waals surface area contributed by atoms with Gasteiger partial charge in [0.1, 0.15) is 5.75 Å². The van der Waals surface area contributed by atoms with Gasteiger partial charge in [0.05, 0.1) is 17.7 Å². The van der Waals surface area contributed by atoms with Crippen LogP contribution < -0.4 is 0 Å². The highest BCUT2D eigenvalue weighted by Crippen LogP contribution is 2.29. The topological polar surface area (TPSA) is 29.5 Å². The minimum Gasteiger partial charge on any atom is -0.508 e. The van der Waals surface area contributed by atoms with E-state index in [1.54, 1.807) is 12.1 Å². The van der Waals surface area contributed by atoms with E-state index in [1.807, 2.05) is 6.07 Å². The van der Waals surface area contributed by atoms with Crippen LogP contribution >= 0.6 is 11.6 Å². The molecule has 1 aliphatic rings. The zero-order valence-electron chi connectivity index (χ0n) is 13.2. The number of phenolic OH excluding ortho intramolecular Hbond substituents is 1. The first-order valence-corrected chi connectivity index (χ1v) is 8.04. The smallest absolute Gasteiger partial charge is 0.117 e. The first kappa shape index (κ1) is 16.9. The highest BCUT2D eigenvalue weighted by molar-refractivity contribution is 6.32. The van der Waals surface area contributed by atoms with E-state index in [0.29, 0.717) is 11.6 Å². The third-order valence-corrected chi connectivity index (χ3v) is 4.30. The maximum atomic E-state index is 9.39. The lowest BCUT2D eigenvalue weighted by atomic mass is 9.96. The molecule has 118 valence electrons. The summed E-state index contributed by atoms with van der Waals surface area (Å²) in [5, 5.41) is 9.95. The third kappa shape index (κ3) is 4.25. The van der Waals surface area contributed by atoms with Crippen molar-refractivity contribution in [3.05, 3.63) is 58.2 Å². The molecule has 0 radical (unpaired) electrons. The molecule has 1 N–H and O–H groups in total. The van der Waals surface area contributed by atoms with E-state index in [1.165, 1.54) is 16.7 Å². The Morgan fingerprint density at radius 2 is 2.27 bits per heavy atom. The Balaban J connectivity index is 1.98. The number of ether oxygens (including phenoxy) is 1. The number of hydrogen-bond donors (Lipinski definition) is 1. The predicted octanol–water partition coefficient (Wildman–Crippen LogP) is 5.52. The fourth-order valence-electron chi connectivity index (χ4n) is 2.62. The van der Waals surface area contributed by atoms with E-state index in [2.05, 4.69) is 32.6 Å². The van der Waals surface area contributed by atoms with Gasteiger partial charge in [0.2, 0.25) is 0 Å². The van der Waals surface area contributed by atoms with Crippen molar-refractivity contribution >= 4 is 17.7 Å². The molecule has 0 spiro atoms. The zero-order valence-corrected chi connectivity index (χ0v) is 14.0. The summed E-state index contributed by atoms with van der Waals surface area (Å²) in [6.45, 7) is 9.02. The molecule has 3 heteroatoms. The standard InChI is InChI=1S/C19H23ClO2/c1-4-14(3)17-9-10-22-19(17)8-5-13(2)11-15-6-7-16(21)12-18(15)20/h6-7,9,11-12,19,21H,3-5,8,10H2,1-2H3/b13-11+. The number of benzene rings is 1. The number of rotatable bonds is 6. The lowest BCUT2D eigenvalue weighted by Crippen LogP contribution is -2.11. The predicted molar refractivity (Wildman–Crippen MR) is 93.3 cm³/mol. The Morgan fingerprint density at radius 1 is 1.50 bits per heavy atom. The summed E-state index contributed by atoms with van der Waals surface area (Å²) in [5.41, 5.74) is 4.60. The van der Waals surface area contributed by atoms with E-state index in [-0.39, 0.29) is 11.9 Å². The third-order valence-electron chi connectivity index (χ3n) is 3.97. The summed E-state index contributed by atoms with van der Waals surface area (Å²) in [6, 6.07) is 5.04. The number of halogens is 1. The van der Waals surface area contributed by atoms with Gasteiger partial charge in [0, 0.05) is 0 Å². The van der Waals surface area contributed by atoms with Gasteiger partial charge in [-0.15, -0.1) is 0 Å². The van der Waals surface area contributed by atoms with Crippen molar-refractivity contribution in [2.75, 3.05) is 6.61 Å². The summed E-state index contributed by atoms with van der Waals surface area (Å²) in [5.74, 6) is 0.187. The SMILES string of the molecule is C=C(CC)C1=CCOC1CC/C(C)=C/c1ccc(O)cc1Cl. The minimum absolute atomic E-state index is 0.158. The molecule has 1 atom stereocenters. The van der Waals surface area contributed by atoms with Gasteiger partial charge in [-0.2, -0.15) is 0 Å². The molecule has 22 heavy (non-hydrogen) atoms. The second kappa shape index (κ2) is 7.66. The molecule has 1 heterocycles. The minimum atomic E-state index is 0.158. The quantitative estimate of drug-likeness (QED) is 0.748. The number of phenols is 1. The molecule has 0 saturated heterocycles. The summed E-state index contributed by atoms with van der Waals surface area (Å²) in [7, 11) is 0. The van der Waals surface area contributed by atoms with Gasteiger partial charge < -0.3 is 9.84 Å². The van der Waals surface area contributed by atoms with Crippen molar-refractivity contribution in [1.82, 2.24) is 0 Å². The highest BCUT2D eigenvalue weighted by Gasteiger charge is 2.21. The van der Waals surface area contributed by atoms with Gasteiger partial charge >= 0.3 is 0 Å². The summed E-state index contributed by atoms with van der Waals surface area (Å²) in [4.78, 5) is 0. The van der Waals surface area contributed by atoms with E-state index < -0.39 is 0 Å². The molecular formula is C19H23ClO2. The van der Waals surface area contributed by atoms with Crippen LogP contribution in [0, 0.1) is 0 Å². The first-order chi connectivity index (χ1) is 10.5. The van der Waals surface area contributed by atoms with Crippen LogP contribution in [0.1, 0.15) is 38.7 Å². The zero-order chi connectivity index (χ0) is 16.1. The number of aromatic hydroxyl groups is 1. The summed E-state index contributed by atoms with van der Waals surface area (Å²) < 4.78 is 5.79. The maximum Gasteiger partial charge on any atom is 0.117 e. The van der Waals surface area contributed by atoms with Crippen molar-refractivity contribution in [2.45, 2.75) is 39.2 Å². The van der Waals surface area contributed by atoms with Gasteiger partial charge in [-0.05, 0) is 61.1 Å². The van der Waals surface area contributed by atoms with Crippen molar-refractivity contribution in [3.8, 4) is 5.75 Å². The van der Waals surface area contributed by atoms with Crippen molar-refractivity contribution in [2.24, 2.45) is 0 Å². The van der Waals surface area contributed by atoms with Crippen LogP contribution in [0.2, 0.25) is 5.02 Å². The van der Waals surface area contributed by atoms with Crippen LogP contribution in [-0.2, 0) is 4.74 Å². The molecule has 0 aromatic heterocycles. The fourth-order valence-corrected chi connectivity index (χ4v) is 2.85. The molecular weight excluding hydrogens is 296 g/mol. The van der Waals surface area contributed by atoms with Gasteiger partial charge in [-0.3, -0.25) is 0 Å². The molecule has 1 unspecified atom stereocenters. The molecule has 0 bridgehead atoms. The molecule has 0 aliphatic carbocycles. The first-order valence-electron chi connectivity index (χ1n) is 7.66. The maximum absolute atomic E-state index is 9.39. The Kier molecular flexibility index (Phi) is 5.87. The lowest BCUT2D eigenvalue weighted by Gasteiger charge is -2.16. The molecule has 0 saturated carbocycles. The van der Waals surface area contributed by atoms with Crippen LogP contribution in [-0.4, -0.2) is 17.8 Å². The van der Waals surface area contributed by atoms with Crippen LogP contribution in [0.15, 0.2) is 47.6 Å². The Hall–Kier alpha value is -1.51. The van der Waals surface area contributed by atoms with E-state index >= 15 is 0 Å². The molecule has 1 aromatic rings. The molecule has 0 amide bonds. The van der Waals surface area contributed by atoms with E-state index in [0.717, 1.165) is 24.8 Å². The van der Waals surface area contributed by atoms with Crippen LogP contribution in [0.4, 0.5) is 0 Å². The van der Waals surface area contributed by atoms with E-state index in [9.17, 15) is 5.11 Å². The van der Waals surface area contributed by atoms with Crippen LogP contribution in [0.5, 0.6) is 5.75 Å². The van der Waals surface area contributed by atoms with E-state index in [4.69, 9.17) is 16.3 Å². The van der Waals surface area contributed by atoms with Crippen molar-refractivity contribution in [1.29, 1.82) is 0 Å². The Labute approximate surface area is 137 Å². The monoisotopic (exact) mass is 318 g/mol. The Morgan fingerprint density at radius 3 is 2.95 bits per heavy atom. The normalized spacial score (nSPS) is 18.4. The fraction of sp³-hybridized carbons (Fsp3) is 0.368. The van der Waals surface area contributed by atoms with Gasteiger partial charge in [-0.25, -0.2) is 0 Å². The molecule has 1 aliphatic heterocycles. The van der Waals surface area contributed by atoms with Gasteiger partial charge in [-0.1, -0.05) is 42.8 Å². The molecule has 2 nitrogen and oxygen atoms in total. The second-order valence-corrected chi connectivity index (χ2v) is 6.08. The highest BCUT2D eigenvalue weighted by atomic mass is 35.5. The molecule has 0 fully saturated rings. The molecule has 1 aromatic carbocycles. The summed E-state index contributed by atoms with van der Waals surface area (Å²) >= 11 is 6.13. The average Bonchev–Trinajstić information content (AvgIpc) is 2.95. The van der Waals surface area contributed by atoms with Gasteiger partial charge in [0.15, 0.2) is 0 Å². The van der Waals surface area contributed by atoms with Crippen LogP contribution in [0.3, 0.4) is 0 Å². The van der Waals surface area contributed by atoms with Crippen molar-refractivity contribution in [3.63, 3.8) is 0 Å². The Bertz CT molecular complexity index is 614. The summed E-state index contributed by atoms with van der Waals surface area (Å²) in [6.07, 6.45) is 7.22. The largest absolute Gasteiger partial charge is 0.508 e. The van der Waals surface area contributed by atoms with Crippen molar-refractivity contribution < 1.29 is 9.84 Å². The number of allylic oxidation sites excluding steroid dienone is 1. The van der Waals surface area contributed by atoms with Crippen LogP contribution in [0.25, 0.3) is 6.08 Å². The second-order valence-electron chi connectivity index (χ2n) is 5.67. The molecule has 2 rings (SSSR count). The number of hydrogen-bond acceptors (Lipinski definition) is 2. The average molecular weight is 319 g/mol. The lowest BCUT2D eigenvalue weighted by molar-refractivity contribution is 0.116. The van der Waals surface area contributed by atoms with Gasteiger partial charge in [0.25, 0.3) is 0 Å².